The summed E-state index contributed by atoms with van der Waals surface area (Å²) >= 11 is 0. The zero-order valence-corrected chi connectivity index (χ0v) is 14.5. The number of esters is 1. The Labute approximate surface area is 137 Å². The maximum Gasteiger partial charge on any atom is 0.321 e. The number of rotatable bonds is 6. The lowest BCUT2D eigenvalue weighted by atomic mass is 10.2. The molecule has 8 nitrogen and oxygen atoms in total. The first-order chi connectivity index (χ1) is 10.9. The SMILES string of the molecule is COC(=O)CN(Cc1cnn(C)c1)S(=O)(=O)N1CCCCCC1. The van der Waals surface area contributed by atoms with Gasteiger partial charge in [0.05, 0.1) is 13.3 Å². The van der Waals surface area contributed by atoms with Gasteiger partial charge in [-0.25, -0.2) is 0 Å². The Morgan fingerprint density at radius 2 is 1.96 bits per heavy atom. The van der Waals surface area contributed by atoms with Gasteiger partial charge in [0.25, 0.3) is 10.2 Å². The molecule has 0 unspecified atom stereocenters. The minimum Gasteiger partial charge on any atom is -0.468 e. The summed E-state index contributed by atoms with van der Waals surface area (Å²) in [7, 11) is -0.698. The van der Waals surface area contributed by atoms with Crippen molar-refractivity contribution in [3.8, 4) is 0 Å². The number of carbonyl (C=O) groups excluding carboxylic acids is 1. The van der Waals surface area contributed by atoms with E-state index >= 15 is 0 Å². The molecule has 0 aromatic carbocycles. The molecule has 0 atom stereocenters. The monoisotopic (exact) mass is 344 g/mol. The fourth-order valence-electron chi connectivity index (χ4n) is 2.62. The van der Waals surface area contributed by atoms with Gasteiger partial charge < -0.3 is 4.74 Å². The minimum atomic E-state index is -3.71. The predicted octanol–water partition coefficient (Wildman–Crippen LogP) is 0.516. The summed E-state index contributed by atoms with van der Waals surface area (Å²) in [5, 5.41) is 4.04. The third-order valence-electron chi connectivity index (χ3n) is 3.87. The van der Waals surface area contributed by atoms with Gasteiger partial charge in [0.1, 0.15) is 6.54 Å². The molecule has 0 aliphatic carbocycles. The van der Waals surface area contributed by atoms with Crippen molar-refractivity contribution in [2.24, 2.45) is 7.05 Å². The second-order valence-corrected chi connectivity index (χ2v) is 7.62. The molecule has 1 aromatic heterocycles. The Hall–Kier alpha value is -1.45. The number of ether oxygens (including phenoxy) is 1. The van der Waals surface area contributed by atoms with Crippen LogP contribution >= 0.6 is 0 Å². The summed E-state index contributed by atoms with van der Waals surface area (Å²) in [6, 6.07) is 0. The molecule has 1 saturated heterocycles. The van der Waals surface area contributed by atoms with Crippen molar-refractivity contribution in [3.05, 3.63) is 18.0 Å². The second-order valence-electron chi connectivity index (χ2n) is 5.69. The molecule has 1 fully saturated rings. The van der Waals surface area contributed by atoms with Gasteiger partial charge in [-0.05, 0) is 12.8 Å². The van der Waals surface area contributed by atoms with Crippen molar-refractivity contribution in [1.29, 1.82) is 0 Å². The third kappa shape index (κ3) is 4.76. The fourth-order valence-corrected chi connectivity index (χ4v) is 4.25. The first-order valence-corrected chi connectivity index (χ1v) is 9.12. The van der Waals surface area contributed by atoms with E-state index in [1.807, 2.05) is 0 Å². The quantitative estimate of drug-likeness (QED) is 0.702. The van der Waals surface area contributed by atoms with E-state index in [0.29, 0.717) is 13.1 Å². The van der Waals surface area contributed by atoms with E-state index in [0.717, 1.165) is 31.2 Å². The first kappa shape index (κ1) is 17.9. The van der Waals surface area contributed by atoms with Gasteiger partial charge in [0, 0.05) is 38.4 Å². The zero-order chi connectivity index (χ0) is 16.9. The van der Waals surface area contributed by atoms with Crippen molar-refractivity contribution in [1.82, 2.24) is 18.4 Å². The van der Waals surface area contributed by atoms with Crippen LogP contribution in [0, 0.1) is 0 Å². The van der Waals surface area contributed by atoms with Crippen LogP contribution in [0.2, 0.25) is 0 Å². The van der Waals surface area contributed by atoms with Gasteiger partial charge in [-0.3, -0.25) is 9.48 Å². The number of nitrogens with zero attached hydrogens (tertiary/aromatic N) is 4. The number of hydrogen-bond donors (Lipinski definition) is 0. The molecule has 23 heavy (non-hydrogen) atoms. The number of hydrogen-bond acceptors (Lipinski definition) is 5. The molecule has 130 valence electrons. The Bertz CT molecular complexity index is 620. The molecule has 1 aliphatic rings. The Morgan fingerprint density at radius 1 is 1.30 bits per heavy atom. The maximum atomic E-state index is 12.9. The third-order valence-corrected chi connectivity index (χ3v) is 5.80. The molecular weight excluding hydrogens is 320 g/mol. The van der Waals surface area contributed by atoms with Gasteiger partial charge >= 0.3 is 5.97 Å². The summed E-state index contributed by atoms with van der Waals surface area (Å²) in [5.41, 5.74) is 0.731. The van der Waals surface area contributed by atoms with Crippen LogP contribution < -0.4 is 0 Å². The Balaban J connectivity index is 2.21. The minimum absolute atomic E-state index is 0.0990. The molecule has 1 aromatic rings. The average Bonchev–Trinajstić information content (AvgIpc) is 2.77. The average molecular weight is 344 g/mol. The molecule has 2 rings (SSSR count). The van der Waals surface area contributed by atoms with Crippen LogP contribution in [0.1, 0.15) is 31.2 Å². The van der Waals surface area contributed by atoms with Crippen LogP contribution in [0.25, 0.3) is 0 Å². The van der Waals surface area contributed by atoms with Crippen molar-refractivity contribution in [2.75, 3.05) is 26.7 Å². The highest BCUT2D eigenvalue weighted by Crippen LogP contribution is 2.18. The molecule has 1 aliphatic heterocycles. The van der Waals surface area contributed by atoms with Gasteiger partial charge in [-0.2, -0.15) is 22.1 Å². The Kier molecular flexibility index (Phi) is 6.14. The van der Waals surface area contributed by atoms with Crippen LogP contribution in [-0.4, -0.2) is 59.5 Å². The lowest BCUT2D eigenvalue weighted by Gasteiger charge is -2.28. The zero-order valence-electron chi connectivity index (χ0n) is 13.6. The lowest BCUT2D eigenvalue weighted by molar-refractivity contribution is -0.140. The van der Waals surface area contributed by atoms with Crippen LogP contribution in [-0.2, 0) is 33.3 Å². The normalized spacial score (nSPS) is 17.2. The topological polar surface area (TPSA) is 84.7 Å². The second kappa shape index (κ2) is 7.89. The molecule has 0 spiro atoms. The van der Waals surface area contributed by atoms with Crippen molar-refractivity contribution < 1.29 is 17.9 Å². The van der Waals surface area contributed by atoms with E-state index in [2.05, 4.69) is 9.84 Å². The Morgan fingerprint density at radius 3 is 2.48 bits per heavy atom. The summed E-state index contributed by atoms with van der Waals surface area (Å²) in [5.74, 6) is -0.577. The van der Waals surface area contributed by atoms with Gasteiger partial charge in [-0.1, -0.05) is 12.8 Å². The van der Waals surface area contributed by atoms with E-state index < -0.39 is 16.2 Å². The first-order valence-electron chi connectivity index (χ1n) is 7.73. The smallest absolute Gasteiger partial charge is 0.321 e. The molecule has 9 heteroatoms. The maximum absolute atomic E-state index is 12.9. The van der Waals surface area contributed by atoms with Gasteiger partial charge in [-0.15, -0.1) is 0 Å². The summed E-state index contributed by atoms with van der Waals surface area (Å²) in [4.78, 5) is 11.6. The van der Waals surface area contributed by atoms with Crippen LogP contribution in [0.4, 0.5) is 0 Å². The largest absolute Gasteiger partial charge is 0.468 e. The van der Waals surface area contributed by atoms with Crippen molar-refractivity contribution in [2.45, 2.75) is 32.2 Å². The molecule has 0 amide bonds. The highest BCUT2D eigenvalue weighted by molar-refractivity contribution is 7.86. The summed E-state index contributed by atoms with van der Waals surface area (Å²) in [6.45, 7) is 0.784. The van der Waals surface area contributed by atoms with Gasteiger partial charge in [0.2, 0.25) is 0 Å². The highest BCUT2D eigenvalue weighted by Gasteiger charge is 2.32. The van der Waals surface area contributed by atoms with E-state index in [4.69, 9.17) is 0 Å². The van der Waals surface area contributed by atoms with E-state index in [9.17, 15) is 13.2 Å². The van der Waals surface area contributed by atoms with E-state index in [1.54, 1.807) is 24.1 Å². The molecule has 2 heterocycles. The number of aromatic nitrogens is 2. The van der Waals surface area contributed by atoms with E-state index in [-0.39, 0.29) is 13.1 Å². The molecule has 0 bridgehead atoms. The standard InChI is InChI=1S/C14H24N4O4S/c1-16-10-13(9-15-16)11-18(12-14(19)22-2)23(20,21)17-7-5-3-4-6-8-17/h9-10H,3-8,11-12H2,1-2H3. The summed E-state index contributed by atoms with van der Waals surface area (Å²) < 4.78 is 34.7. The van der Waals surface area contributed by atoms with Crippen molar-refractivity contribution >= 4 is 16.2 Å². The lowest BCUT2D eigenvalue weighted by Crippen LogP contribution is -2.46. The molecule has 0 saturated carbocycles. The van der Waals surface area contributed by atoms with Gasteiger partial charge in [0.15, 0.2) is 0 Å². The van der Waals surface area contributed by atoms with Crippen molar-refractivity contribution in [3.63, 3.8) is 0 Å². The molecule has 0 radical (unpaired) electrons. The highest BCUT2D eigenvalue weighted by atomic mass is 32.2. The van der Waals surface area contributed by atoms with E-state index in [1.165, 1.54) is 15.7 Å². The van der Waals surface area contributed by atoms with Crippen LogP contribution in [0.3, 0.4) is 0 Å². The number of methoxy groups -OCH3 is 1. The fraction of sp³-hybridized carbons (Fsp3) is 0.714. The molecule has 0 N–H and O–H groups in total. The summed E-state index contributed by atoms with van der Waals surface area (Å²) in [6.07, 6.45) is 7.10. The number of aryl methyl sites for hydroxylation is 1. The molecular formula is C14H24N4O4S. The number of carbonyl (C=O) groups is 1. The van der Waals surface area contributed by atoms with Crippen LogP contribution in [0.15, 0.2) is 12.4 Å². The van der Waals surface area contributed by atoms with Crippen LogP contribution in [0.5, 0.6) is 0 Å². The predicted molar refractivity (Wildman–Crippen MR) is 84.6 cm³/mol.